The van der Waals surface area contributed by atoms with Crippen molar-refractivity contribution in [3.8, 4) is 0 Å². The first-order valence-corrected chi connectivity index (χ1v) is 8.01. The Morgan fingerprint density at radius 2 is 1.92 bits per heavy atom. The zero-order valence-corrected chi connectivity index (χ0v) is 13.7. The molecule has 2 heterocycles. The standard InChI is InChI=1S/C17H22N5O2/c1-20-7-9-21(10-8-20)17-11-15(16(13-19-17)22(23)24)18-12-14-5-3-2-4-6-14/h2-6,11,13H,7-10,12H2,1H3,(H,18,19)(H,23,24)/q+1. The van der Waals surface area contributed by atoms with Crippen molar-refractivity contribution in [2.24, 2.45) is 0 Å². The average molecular weight is 328 g/mol. The lowest BCUT2D eigenvalue weighted by Gasteiger charge is -2.33. The van der Waals surface area contributed by atoms with Crippen molar-refractivity contribution in [1.82, 2.24) is 9.88 Å². The van der Waals surface area contributed by atoms with E-state index in [1.54, 1.807) is 0 Å². The van der Waals surface area contributed by atoms with Crippen LogP contribution in [0.4, 0.5) is 17.2 Å². The predicted molar refractivity (Wildman–Crippen MR) is 92.8 cm³/mol. The van der Waals surface area contributed by atoms with Crippen molar-refractivity contribution in [2.45, 2.75) is 6.54 Å². The van der Waals surface area contributed by atoms with E-state index in [0.717, 1.165) is 37.6 Å². The quantitative estimate of drug-likeness (QED) is 0.820. The summed E-state index contributed by atoms with van der Waals surface area (Å²) >= 11 is 0. The second-order valence-electron chi connectivity index (χ2n) is 5.96. The van der Waals surface area contributed by atoms with Gasteiger partial charge in [0.2, 0.25) is 0 Å². The van der Waals surface area contributed by atoms with Crippen LogP contribution in [-0.2, 0) is 6.54 Å². The number of rotatable bonds is 5. The van der Waals surface area contributed by atoms with E-state index in [1.165, 1.54) is 6.20 Å². The number of aromatic nitrogens is 1. The van der Waals surface area contributed by atoms with E-state index in [9.17, 15) is 10.1 Å². The molecule has 1 aliphatic heterocycles. The van der Waals surface area contributed by atoms with Crippen LogP contribution in [-0.4, -0.2) is 53.2 Å². The monoisotopic (exact) mass is 328 g/mol. The summed E-state index contributed by atoms with van der Waals surface area (Å²) in [4.78, 5) is 20.0. The lowest BCUT2D eigenvalue weighted by molar-refractivity contribution is -0.729. The zero-order chi connectivity index (χ0) is 16.9. The molecular weight excluding hydrogens is 306 g/mol. The van der Waals surface area contributed by atoms with Gasteiger partial charge in [-0.3, -0.25) is 0 Å². The number of piperazine rings is 1. The highest BCUT2D eigenvalue weighted by Crippen LogP contribution is 2.28. The summed E-state index contributed by atoms with van der Waals surface area (Å²) in [7, 11) is 2.10. The number of hydrogen-bond donors (Lipinski definition) is 2. The Bertz CT molecular complexity index is 699. The first-order valence-electron chi connectivity index (χ1n) is 8.01. The highest BCUT2D eigenvalue weighted by Gasteiger charge is 2.23. The third-order valence-electron chi connectivity index (χ3n) is 4.23. The minimum absolute atomic E-state index is 0.115. The van der Waals surface area contributed by atoms with E-state index in [4.69, 9.17) is 0 Å². The van der Waals surface area contributed by atoms with Gasteiger partial charge in [-0.05, 0) is 12.6 Å². The molecule has 24 heavy (non-hydrogen) atoms. The van der Waals surface area contributed by atoms with Gasteiger partial charge in [-0.2, -0.15) is 0 Å². The maximum Gasteiger partial charge on any atom is 0.357 e. The van der Waals surface area contributed by atoms with Crippen molar-refractivity contribution in [3.05, 3.63) is 53.1 Å². The number of likely N-dealkylation sites (N-methyl/N-ethyl adjacent to an activating group) is 1. The molecule has 0 saturated carbocycles. The van der Waals surface area contributed by atoms with Gasteiger partial charge >= 0.3 is 5.69 Å². The van der Waals surface area contributed by atoms with Gasteiger partial charge in [0, 0.05) is 38.8 Å². The molecule has 1 saturated heterocycles. The zero-order valence-electron chi connectivity index (χ0n) is 13.7. The molecule has 0 atom stereocenters. The Morgan fingerprint density at radius 3 is 2.58 bits per heavy atom. The molecule has 0 aliphatic carbocycles. The van der Waals surface area contributed by atoms with Crippen molar-refractivity contribution < 1.29 is 10.1 Å². The van der Waals surface area contributed by atoms with Crippen LogP contribution in [0.3, 0.4) is 0 Å². The van der Waals surface area contributed by atoms with Crippen molar-refractivity contribution in [1.29, 1.82) is 0 Å². The highest BCUT2D eigenvalue weighted by molar-refractivity contribution is 5.65. The molecule has 0 bridgehead atoms. The summed E-state index contributed by atoms with van der Waals surface area (Å²) in [6.07, 6.45) is 1.41. The van der Waals surface area contributed by atoms with Crippen LogP contribution in [0.2, 0.25) is 0 Å². The number of pyridine rings is 1. The SMILES string of the molecule is CN1CCN(c2cc(NCc3ccccc3)c([N+](=O)O)cn2)CC1. The number of nitrogens with one attached hydrogen (secondary N) is 1. The fraction of sp³-hybridized carbons (Fsp3) is 0.353. The van der Waals surface area contributed by atoms with Gasteiger partial charge in [0.25, 0.3) is 4.92 Å². The minimum Gasteiger partial charge on any atom is -0.375 e. The molecule has 1 aromatic carbocycles. The molecule has 0 amide bonds. The van der Waals surface area contributed by atoms with Crippen LogP contribution in [0.15, 0.2) is 42.6 Å². The number of nitrogens with zero attached hydrogens (tertiary/aromatic N) is 4. The van der Waals surface area contributed by atoms with Gasteiger partial charge in [0.05, 0.1) is 4.91 Å². The normalized spacial score (nSPS) is 15.3. The van der Waals surface area contributed by atoms with Crippen LogP contribution in [0.25, 0.3) is 0 Å². The molecule has 0 radical (unpaired) electrons. The Hall–Kier alpha value is -2.67. The lowest BCUT2D eigenvalue weighted by atomic mass is 10.2. The molecule has 1 aliphatic rings. The van der Waals surface area contributed by atoms with Gasteiger partial charge in [-0.1, -0.05) is 30.3 Å². The summed E-state index contributed by atoms with van der Waals surface area (Å²) < 4.78 is 0. The Kier molecular flexibility index (Phi) is 4.90. The number of benzene rings is 1. The molecule has 3 rings (SSSR count). The summed E-state index contributed by atoms with van der Waals surface area (Å²) in [5.74, 6) is 0.810. The van der Waals surface area contributed by atoms with Gasteiger partial charge in [0.1, 0.15) is 17.7 Å². The number of anilines is 2. The Balaban J connectivity index is 1.79. The summed E-state index contributed by atoms with van der Waals surface area (Å²) in [6, 6.07) is 11.7. The van der Waals surface area contributed by atoms with E-state index < -0.39 is 0 Å². The molecule has 2 N–H and O–H groups in total. The van der Waals surface area contributed by atoms with Gasteiger partial charge in [0.15, 0.2) is 0 Å². The van der Waals surface area contributed by atoms with E-state index in [0.29, 0.717) is 12.2 Å². The first-order chi connectivity index (χ1) is 11.6. The lowest BCUT2D eigenvalue weighted by Crippen LogP contribution is -2.44. The fourth-order valence-corrected chi connectivity index (χ4v) is 2.73. The minimum atomic E-state index is -0.145. The maximum atomic E-state index is 11.4. The molecule has 1 fully saturated rings. The molecule has 0 spiro atoms. The third kappa shape index (κ3) is 3.80. The summed E-state index contributed by atoms with van der Waals surface area (Å²) in [5, 5.41) is 12.5. The molecule has 2 aromatic rings. The summed E-state index contributed by atoms with van der Waals surface area (Å²) in [5.41, 5.74) is 1.78. The second kappa shape index (κ2) is 7.27. The third-order valence-corrected chi connectivity index (χ3v) is 4.23. The molecule has 0 unspecified atom stereocenters. The topological polar surface area (TPSA) is 71.7 Å². The summed E-state index contributed by atoms with van der Waals surface area (Å²) in [6.45, 7) is 4.30. The largest absolute Gasteiger partial charge is 0.375 e. The van der Waals surface area contributed by atoms with Crippen molar-refractivity contribution in [3.63, 3.8) is 0 Å². The van der Waals surface area contributed by atoms with Crippen molar-refractivity contribution in [2.75, 3.05) is 43.4 Å². The fourth-order valence-electron chi connectivity index (χ4n) is 2.73. The van der Waals surface area contributed by atoms with Crippen LogP contribution in [0.1, 0.15) is 5.56 Å². The van der Waals surface area contributed by atoms with Gasteiger partial charge in [-0.25, -0.2) is 10.2 Å². The van der Waals surface area contributed by atoms with E-state index in [1.807, 2.05) is 36.4 Å². The molecule has 126 valence electrons. The second-order valence-corrected chi connectivity index (χ2v) is 5.96. The maximum absolute atomic E-state index is 11.4. The van der Waals surface area contributed by atoms with E-state index >= 15 is 0 Å². The highest BCUT2D eigenvalue weighted by atomic mass is 16.6. The molecule has 7 nitrogen and oxygen atoms in total. The van der Waals surface area contributed by atoms with Crippen LogP contribution < -0.4 is 10.2 Å². The van der Waals surface area contributed by atoms with Crippen LogP contribution >= 0.6 is 0 Å². The van der Waals surface area contributed by atoms with Crippen molar-refractivity contribution >= 4 is 17.2 Å². The molecule has 7 heteroatoms. The molecule has 1 aromatic heterocycles. The van der Waals surface area contributed by atoms with Crippen LogP contribution in [0.5, 0.6) is 0 Å². The first kappa shape index (κ1) is 16.2. The van der Waals surface area contributed by atoms with E-state index in [-0.39, 0.29) is 10.6 Å². The smallest absolute Gasteiger partial charge is 0.357 e. The van der Waals surface area contributed by atoms with Gasteiger partial charge in [-0.15, -0.1) is 0 Å². The Morgan fingerprint density at radius 1 is 1.21 bits per heavy atom. The average Bonchev–Trinajstić information content (AvgIpc) is 2.61. The number of hydrogen-bond acceptors (Lipinski definition) is 5. The van der Waals surface area contributed by atoms with E-state index in [2.05, 4.69) is 27.1 Å². The van der Waals surface area contributed by atoms with Crippen LogP contribution in [0, 0.1) is 4.91 Å². The van der Waals surface area contributed by atoms with Gasteiger partial charge < -0.3 is 15.1 Å². The predicted octanol–water partition coefficient (Wildman–Crippen LogP) is 2.25. The molecular formula is C17H22N5O2+. The Labute approximate surface area is 141 Å².